The predicted molar refractivity (Wildman–Crippen MR) is 504 cm³/mol. The monoisotopic (exact) mass is 1880 g/mol. The quantitative estimate of drug-likeness (QED) is 0.0282. The van der Waals surface area contributed by atoms with Crippen LogP contribution >= 0.6 is 46.4 Å². The van der Waals surface area contributed by atoms with E-state index >= 15 is 0 Å². The molecule has 5 aromatic heterocycles. The smallest absolute Gasteiger partial charge is 0.276 e. The van der Waals surface area contributed by atoms with Gasteiger partial charge in [-0.2, -0.15) is 10.5 Å². The number of nitrogens with zero attached hydrogens (tertiary/aromatic N) is 10. The largest absolute Gasteiger partial charge is 0.505 e. The van der Waals surface area contributed by atoms with E-state index in [0.717, 1.165) is 121 Å². The van der Waals surface area contributed by atoms with Gasteiger partial charge < -0.3 is 52.4 Å². The number of fused-ring (bicyclic) bond motifs is 5. The van der Waals surface area contributed by atoms with Gasteiger partial charge in [0.2, 0.25) is 0 Å². The van der Waals surface area contributed by atoms with E-state index in [1.165, 1.54) is 64.8 Å². The third-order valence-corrected chi connectivity index (χ3v) is 20.5. The molecule has 0 atom stereocenters. The number of nitro benzene ring substituents is 2. The Kier molecular flexibility index (Phi) is 36.4. The second kappa shape index (κ2) is 48.7. The van der Waals surface area contributed by atoms with Crippen molar-refractivity contribution in [1.29, 1.82) is 10.5 Å². The molecule has 0 amide bonds. The van der Waals surface area contributed by atoms with Gasteiger partial charge in [-0.25, -0.2) is 40.7 Å². The molecule has 0 saturated heterocycles. The average molecular weight is 1890 g/mol. The van der Waals surface area contributed by atoms with Crippen LogP contribution in [0.15, 0.2) is 298 Å². The molecule has 678 valence electrons. The van der Waals surface area contributed by atoms with E-state index in [1.54, 1.807) is 61.5 Å². The number of carbonyl (C=O) groups is 1. The molecule has 22 nitrogen and oxygen atoms in total. The van der Waals surface area contributed by atoms with Crippen molar-refractivity contribution in [3.8, 4) is 69.4 Å². The maximum atomic E-state index is 14.1. The first kappa shape index (κ1) is 99.5. The van der Waals surface area contributed by atoms with Gasteiger partial charge >= 0.3 is 0 Å². The summed E-state index contributed by atoms with van der Waals surface area (Å²) in [6, 6.07) is 79.1. The minimum absolute atomic E-state index is 0.000556. The second-order valence-corrected chi connectivity index (χ2v) is 29.5. The lowest BCUT2D eigenvalue weighted by atomic mass is 10.1. The number of benzene rings is 12. The van der Waals surface area contributed by atoms with Gasteiger partial charge in [-0.05, 0) is 200 Å². The number of rotatable bonds is 17. The van der Waals surface area contributed by atoms with Crippen molar-refractivity contribution in [2.75, 3.05) is 46.9 Å². The standard InChI is InChI=1S/C17H17FN2.C15H12FNO.C15H12FN.C14H10FNO.C10H9FO.C9H7FN2O3.C8H6ClNO.C7H6FNO3.C5HCl3N2O/c1-2-9-19-16-11-13-8-10-20(17(13)12-15(16)18)14-6-4-3-5-7-14;1-18-15-9-11-7-8-17(14(11)10-13(15)16)12-5-3-2-4-6-12;1-11-9-12-7-8-17(15(12)10-14(11)16)13-5-3-2-4-6-13;15-12-9-13-10(8-14(12)17)6-7-16(13)11-4-2-1-3-5-11;1-12-10-6-8-4-2-3-7(8)5-9(10)11;1-15-9-4-6(2-3-11)8(12(13)14)5-7(9)10;9-7-1-3-8(4-2-7)11-6-5-10;1-12-7-3-2-5(9(10)11)4-6(7)8;6-3-2(5(8)11)4(7)10-1-9-3/h3-8,10-12,19H,2,9H2,1H3;2-10H,1H3;2-10H,1H3;1-9,17H;2,4-6H,3H2,1H3;4-5H,2H2,1H3;1-4H,6H2;2-4H,1H3;1H. The number of methoxy groups -OCH3 is 4. The van der Waals surface area contributed by atoms with Crippen LogP contribution in [0.2, 0.25) is 15.3 Å². The third-order valence-electron chi connectivity index (χ3n) is 19.5. The van der Waals surface area contributed by atoms with Gasteiger partial charge in [0.15, 0.2) is 64.4 Å². The first-order valence-electron chi connectivity index (χ1n) is 40.0. The van der Waals surface area contributed by atoms with Crippen LogP contribution < -0.4 is 29.0 Å². The first-order chi connectivity index (χ1) is 64.1. The van der Waals surface area contributed by atoms with Gasteiger partial charge in [0.25, 0.3) is 16.6 Å². The molecule has 0 bridgehead atoms. The molecule has 5 heterocycles. The number of anilines is 1. The van der Waals surface area contributed by atoms with Crippen molar-refractivity contribution in [3.63, 3.8) is 0 Å². The number of aromatic nitrogens is 6. The van der Waals surface area contributed by atoms with E-state index < -0.39 is 38.2 Å². The summed E-state index contributed by atoms with van der Waals surface area (Å²) in [5, 5.41) is 53.4. The Morgan fingerprint density at radius 3 is 1.38 bits per heavy atom. The maximum absolute atomic E-state index is 14.1. The topological polar surface area (TPSA) is 275 Å². The van der Waals surface area contributed by atoms with Crippen LogP contribution in [0.5, 0.6) is 34.5 Å². The number of carbonyl (C=O) groups excluding carboxylic acids is 1. The Balaban J connectivity index is 0.000000156. The van der Waals surface area contributed by atoms with E-state index in [9.17, 15) is 60.9 Å². The molecule has 33 heteroatoms. The number of ether oxygens (including phenoxy) is 5. The number of non-ortho nitro benzene ring substituents is 1. The van der Waals surface area contributed by atoms with Crippen LogP contribution in [-0.4, -0.2) is 90.0 Å². The number of phenolic OH excluding ortho intramolecular Hbond substituents is 1. The minimum atomic E-state index is -0.814. The normalized spacial score (nSPS) is 10.5. The number of nitrogens with one attached hydrogen (secondary N) is 1. The van der Waals surface area contributed by atoms with Crippen LogP contribution in [0.25, 0.3) is 72.4 Å². The molecule has 12 aromatic carbocycles. The summed E-state index contributed by atoms with van der Waals surface area (Å²) in [4.78, 5) is 37.0. The van der Waals surface area contributed by atoms with E-state index in [4.69, 9.17) is 71.1 Å². The number of nitro groups is 2. The SMILES string of the molecule is CCCNc1cc2ccn(-c3ccccc3)c2cc1F.COc1cc(CC#N)c([N+](=O)[O-])cc1F.COc1cc2c(cc1F)CC=C2.COc1cc2ccn(-c3ccccc3)c2cc1F.COc1ccc([N+](=O)[O-])cc1F.Cc1cc2ccn(-c3ccccc3)c2cc1F.N#CCOc1ccc(Cl)cc1.O=C(Cl)c1c(Cl)ncnc1Cl.Oc1cc2ccn(-c3ccccc3)c2cc1F. The lowest BCUT2D eigenvalue weighted by Gasteiger charge is -2.09. The minimum Gasteiger partial charge on any atom is -0.505 e. The molecule has 2 N–H and O–H groups in total. The van der Waals surface area contributed by atoms with Crippen LogP contribution in [0.4, 0.5) is 47.8 Å². The Morgan fingerprint density at radius 2 is 0.932 bits per heavy atom. The summed E-state index contributed by atoms with van der Waals surface area (Å²) in [6.45, 7) is 4.70. The Labute approximate surface area is 778 Å². The number of halogens is 11. The fourth-order valence-corrected chi connectivity index (χ4v) is 13.9. The molecule has 0 saturated carbocycles. The number of phenols is 1. The highest BCUT2D eigenvalue weighted by Crippen LogP contribution is 2.34. The van der Waals surface area contributed by atoms with Crippen LogP contribution in [0.1, 0.15) is 46.0 Å². The molecule has 1 aliphatic carbocycles. The zero-order valence-corrected chi connectivity index (χ0v) is 74.6. The maximum Gasteiger partial charge on any atom is 0.276 e. The summed E-state index contributed by atoms with van der Waals surface area (Å²) in [7, 11) is 5.49. The average Bonchev–Trinajstić information content (AvgIpc) is 1.49. The van der Waals surface area contributed by atoms with Crippen molar-refractivity contribution in [2.45, 2.75) is 33.1 Å². The van der Waals surface area contributed by atoms with Gasteiger partial charge in [0.1, 0.15) is 45.7 Å². The second-order valence-electron chi connectivity index (χ2n) is 28.1. The molecule has 0 aliphatic heterocycles. The van der Waals surface area contributed by atoms with Crippen molar-refractivity contribution in [2.24, 2.45) is 0 Å². The Bertz CT molecular complexity index is 6870. The van der Waals surface area contributed by atoms with Gasteiger partial charge in [0, 0.05) is 110 Å². The lowest BCUT2D eigenvalue weighted by Crippen LogP contribution is -2.02. The van der Waals surface area contributed by atoms with Crippen molar-refractivity contribution in [1.82, 2.24) is 28.2 Å². The molecule has 0 fully saturated rings. The summed E-state index contributed by atoms with van der Waals surface area (Å²) in [5.74, 6) is -2.30. The fourth-order valence-electron chi connectivity index (χ4n) is 13.0. The fraction of sp³-hybridized carbons (Fsp3) is 0.110. The lowest BCUT2D eigenvalue weighted by molar-refractivity contribution is -0.385. The molecule has 18 rings (SSSR count). The Hall–Kier alpha value is -15.7. The summed E-state index contributed by atoms with van der Waals surface area (Å²) >= 11 is 21.7. The molecule has 17 aromatic rings. The molecule has 0 unspecified atom stereocenters. The van der Waals surface area contributed by atoms with Crippen LogP contribution in [0, 0.1) is 90.5 Å². The summed E-state index contributed by atoms with van der Waals surface area (Å²) in [5.41, 5.74) is 10.2. The zero-order valence-electron chi connectivity index (χ0n) is 71.6. The predicted octanol–water partition coefficient (Wildman–Crippen LogP) is 26.3. The highest BCUT2D eigenvalue weighted by Gasteiger charge is 2.21. The highest BCUT2D eigenvalue weighted by molar-refractivity contribution is 6.69. The summed E-state index contributed by atoms with van der Waals surface area (Å²) < 4.78 is 126. The number of hydrogen-bond donors (Lipinski definition) is 2. The Morgan fingerprint density at radius 1 is 0.496 bits per heavy atom. The van der Waals surface area contributed by atoms with Crippen LogP contribution in [0.3, 0.4) is 0 Å². The van der Waals surface area contributed by atoms with E-state index in [-0.39, 0.29) is 86.4 Å². The van der Waals surface area contributed by atoms with Gasteiger partial charge in [-0.3, -0.25) is 25.0 Å². The molecular weight excluding hydrogens is 1810 g/mol. The molecule has 0 spiro atoms. The van der Waals surface area contributed by atoms with E-state index in [1.807, 2.05) is 219 Å². The van der Waals surface area contributed by atoms with Gasteiger partial charge in [-0.15, -0.1) is 0 Å². The number of para-hydroxylation sites is 4. The number of aromatic hydroxyl groups is 1. The van der Waals surface area contributed by atoms with Crippen molar-refractivity contribution in [3.05, 3.63) is 402 Å². The van der Waals surface area contributed by atoms with Gasteiger partial charge in [-0.1, -0.05) is 127 Å². The van der Waals surface area contributed by atoms with E-state index in [0.29, 0.717) is 27.8 Å². The first-order valence-corrected chi connectivity index (χ1v) is 41.5. The number of nitriles is 2. The highest BCUT2D eigenvalue weighted by atomic mass is 35.5. The molecule has 0 radical (unpaired) electrons. The van der Waals surface area contributed by atoms with Gasteiger partial charge in [0.05, 0.1) is 90.7 Å². The van der Waals surface area contributed by atoms with Crippen molar-refractivity contribution >= 4 is 118 Å². The van der Waals surface area contributed by atoms with E-state index in [2.05, 4.69) is 31.7 Å². The zero-order chi connectivity index (χ0) is 95.8. The third kappa shape index (κ3) is 26.8. The van der Waals surface area contributed by atoms with Crippen molar-refractivity contribution < 1.29 is 74.2 Å². The number of hydrogen-bond acceptors (Lipinski definition) is 16. The number of allylic oxidation sites excluding steroid dienone is 1. The van der Waals surface area contributed by atoms with Crippen LogP contribution in [-0.2, 0) is 12.8 Å². The molecule has 133 heavy (non-hydrogen) atoms. The molecular formula is C100H80Cl4F7N11O11. The number of aryl methyl sites for hydroxylation is 1. The summed E-state index contributed by atoms with van der Waals surface area (Å²) in [6.07, 6.45) is 14.5. The molecule has 1 aliphatic rings.